The van der Waals surface area contributed by atoms with Crippen LogP contribution in [-0.4, -0.2) is 17.6 Å². The van der Waals surface area contributed by atoms with Gasteiger partial charge < -0.3 is 10.5 Å². The minimum absolute atomic E-state index is 0.103. The van der Waals surface area contributed by atoms with Gasteiger partial charge in [0.2, 0.25) is 0 Å². The van der Waals surface area contributed by atoms with Gasteiger partial charge in [0.15, 0.2) is 0 Å². The van der Waals surface area contributed by atoms with Crippen molar-refractivity contribution in [1.82, 2.24) is 0 Å². The maximum absolute atomic E-state index is 12.2. The van der Waals surface area contributed by atoms with Crippen LogP contribution in [0.3, 0.4) is 0 Å². The molecule has 0 aliphatic heterocycles. The fraction of sp³-hybridized carbons (Fsp3) is 0.933. The van der Waals surface area contributed by atoms with Crippen LogP contribution in [0.5, 0.6) is 0 Å². The highest BCUT2D eigenvalue weighted by Gasteiger charge is 2.39. The number of carbonyl (C=O) groups excluding carboxylic acids is 1. The first-order valence-electron chi connectivity index (χ1n) is 7.51. The zero-order chi connectivity index (χ0) is 13.2. The Morgan fingerprint density at radius 3 is 2.39 bits per heavy atom. The normalized spacial score (nSPS) is 36.1. The minimum Gasteiger partial charge on any atom is -0.461 e. The lowest BCUT2D eigenvalue weighted by Crippen LogP contribution is -2.51. The highest BCUT2D eigenvalue weighted by Crippen LogP contribution is 2.33. The van der Waals surface area contributed by atoms with Gasteiger partial charge in [0.1, 0.15) is 11.6 Å². The Morgan fingerprint density at radius 1 is 1.11 bits per heavy atom. The standard InChI is InChI=1S/C15H27NO2/c1-11-6-7-13(10-12(11)2)18-14(17)15(16)8-4-3-5-9-15/h11-13H,3-10,16H2,1-2H3. The van der Waals surface area contributed by atoms with Gasteiger partial charge in [-0.25, -0.2) is 0 Å². The summed E-state index contributed by atoms with van der Waals surface area (Å²) in [5.41, 5.74) is 5.52. The Hall–Kier alpha value is -0.570. The molecule has 2 fully saturated rings. The van der Waals surface area contributed by atoms with Gasteiger partial charge in [-0.15, -0.1) is 0 Å². The van der Waals surface area contributed by atoms with Gasteiger partial charge in [0.25, 0.3) is 0 Å². The summed E-state index contributed by atoms with van der Waals surface area (Å²) >= 11 is 0. The number of hydrogen-bond acceptors (Lipinski definition) is 3. The molecule has 2 rings (SSSR count). The van der Waals surface area contributed by atoms with Crippen LogP contribution >= 0.6 is 0 Å². The second-order valence-corrected chi connectivity index (χ2v) is 6.51. The fourth-order valence-electron chi connectivity index (χ4n) is 3.26. The van der Waals surface area contributed by atoms with Crippen LogP contribution in [0.15, 0.2) is 0 Å². The van der Waals surface area contributed by atoms with E-state index in [0.29, 0.717) is 5.92 Å². The summed E-state index contributed by atoms with van der Waals surface area (Å²) in [6.07, 6.45) is 8.19. The van der Waals surface area contributed by atoms with Crippen LogP contribution in [0.1, 0.15) is 65.2 Å². The van der Waals surface area contributed by atoms with Crippen LogP contribution in [0.25, 0.3) is 0 Å². The second-order valence-electron chi connectivity index (χ2n) is 6.51. The lowest BCUT2D eigenvalue weighted by atomic mass is 9.79. The molecular formula is C15H27NO2. The fourth-order valence-corrected chi connectivity index (χ4v) is 3.26. The second kappa shape index (κ2) is 5.60. The van der Waals surface area contributed by atoms with Gasteiger partial charge in [-0.3, -0.25) is 4.79 Å². The molecule has 0 radical (unpaired) electrons. The lowest BCUT2D eigenvalue weighted by Gasteiger charge is -2.36. The predicted molar refractivity (Wildman–Crippen MR) is 72.1 cm³/mol. The Bertz CT molecular complexity index is 297. The topological polar surface area (TPSA) is 52.3 Å². The highest BCUT2D eigenvalue weighted by molar-refractivity contribution is 5.80. The first kappa shape index (κ1) is 13.9. The molecule has 0 bridgehead atoms. The molecule has 0 amide bonds. The molecule has 2 aliphatic rings. The van der Waals surface area contributed by atoms with Crippen molar-refractivity contribution in [2.24, 2.45) is 17.6 Å². The van der Waals surface area contributed by atoms with E-state index in [1.54, 1.807) is 0 Å². The summed E-state index contributed by atoms with van der Waals surface area (Å²) in [5.74, 6) is 1.26. The monoisotopic (exact) mass is 253 g/mol. The number of rotatable bonds is 2. The zero-order valence-corrected chi connectivity index (χ0v) is 11.8. The van der Waals surface area contributed by atoms with Crippen LogP contribution in [0, 0.1) is 11.8 Å². The molecule has 18 heavy (non-hydrogen) atoms. The predicted octanol–water partition coefficient (Wildman–Crippen LogP) is 3.02. The maximum atomic E-state index is 12.2. The van der Waals surface area contributed by atoms with Gasteiger partial charge in [-0.05, 0) is 43.9 Å². The summed E-state index contributed by atoms with van der Waals surface area (Å²) in [6.45, 7) is 4.54. The van der Waals surface area contributed by atoms with Crippen LogP contribution in [0.4, 0.5) is 0 Å². The van der Waals surface area contributed by atoms with Gasteiger partial charge in [0.05, 0.1) is 0 Å². The molecule has 0 aromatic heterocycles. The summed E-state index contributed by atoms with van der Waals surface area (Å²) in [4.78, 5) is 12.2. The maximum Gasteiger partial charge on any atom is 0.326 e. The molecule has 104 valence electrons. The van der Waals surface area contributed by atoms with Gasteiger partial charge in [0, 0.05) is 0 Å². The van der Waals surface area contributed by atoms with Crippen molar-refractivity contribution in [3.63, 3.8) is 0 Å². The molecule has 0 aromatic rings. The van der Waals surface area contributed by atoms with Crippen molar-refractivity contribution in [1.29, 1.82) is 0 Å². The van der Waals surface area contributed by atoms with Gasteiger partial charge >= 0.3 is 5.97 Å². The average Bonchev–Trinajstić information content (AvgIpc) is 2.35. The quantitative estimate of drug-likeness (QED) is 0.770. The molecule has 2 N–H and O–H groups in total. The molecule has 0 spiro atoms. The van der Waals surface area contributed by atoms with Gasteiger partial charge in [-0.2, -0.15) is 0 Å². The van der Waals surface area contributed by atoms with E-state index in [4.69, 9.17) is 10.5 Å². The van der Waals surface area contributed by atoms with E-state index in [-0.39, 0.29) is 12.1 Å². The Labute approximate surface area is 110 Å². The molecule has 3 heteroatoms. The number of carbonyl (C=O) groups is 1. The van der Waals surface area contributed by atoms with Gasteiger partial charge in [-0.1, -0.05) is 33.1 Å². The van der Waals surface area contributed by atoms with Crippen molar-refractivity contribution in [2.75, 3.05) is 0 Å². The van der Waals surface area contributed by atoms with E-state index in [9.17, 15) is 4.79 Å². The molecule has 0 aromatic carbocycles. The SMILES string of the molecule is CC1CCC(OC(=O)C2(N)CCCCC2)CC1C. The highest BCUT2D eigenvalue weighted by atomic mass is 16.5. The Kier molecular flexibility index (Phi) is 4.31. The number of hydrogen-bond donors (Lipinski definition) is 1. The molecule has 3 unspecified atom stereocenters. The average molecular weight is 253 g/mol. The van der Waals surface area contributed by atoms with E-state index in [1.165, 1.54) is 6.42 Å². The molecule has 3 nitrogen and oxygen atoms in total. The lowest BCUT2D eigenvalue weighted by molar-refractivity contribution is -0.159. The van der Waals surface area contributed by atoms with E-state index in [2.05, 4.69) is 13.8 Å². The van der Waals surface area contributed by atoms with Crippen molar-refractivity contribution in [3.8, 4) is 0 Å². The molecule has 3 atom stereocenters. The van der Waals surface area contributed by atoms with E-state index in [0.717, 1.165) is 50.9 Å². The first-order chi connectivity index (χ1) is 8.51. The molecular weight excluding hydrogens is 226 g/mol. The number of nitrogens with two attached hydrogens (primary N) is 1. The third-order valence-electron chi connectivity index (χ3n) is 4.98. The summed E-state index contributed by atoms with van der Waals surface area (Å²) in [5, 5.41) is 0. The first-order valence-corrected chi connectivity index (χ1v) is 7.51. The summed E-state index contributed by atoms with van der Waals surface area (Å²) < 4.78 is 5.69. The van der Waals surface area contributed by atoms with E-state index in [1.807, 2.05) is 0 Å². The molecule has 2 aliphatic carbocycles. The van der Waals surface area contributed by atoms with Crippen LogP contribution < -0.4 is 5.73 Å². The Balaban J connectivity index is 1.87. The van der Waals surface area contributed by atoms with Crippen molar-refractivity contribution < 1.29 is 9.53 Å². The van der Waals surface area contributed by atoms with Crippen LogP contribution in [0.2, 0.25) is 0 Å². The third-order valence-corrected chi connectivity index (χ3v) is 4.98. The third kappa shape index (κ3) is 3.05. The van der Waals surface area contributed by atoms with Crippen molar-refractivity contribution in [2.45, 2.75) is 76.9 Å². The zero-order valence-electron chi connectivity index (χ0n) is 11.8. The van der Waals surface area contributed by atoms with E-state index < -0.39 is 5.54 Å². The number of ether oxygens (including phenoxy) is 1. The van der Waals surface area contributed by atoms with Crippen molar-refractivity contribution in [3.05, 3.63) is 0 Å². The molecule has 0 saturated heterocycles. The molecule has 0 heterocycles. The largest absolute Gasteiger partial charge is 0.461 e. The van der Waals surface area contributed by atoms with Crippen molar-refractivity contribution >= 4 is 5.97 Å². The summed E-state index contributed by atoms with van der Waals surface area (Å²) in [7, 11) is 0. The van der Waals surface area contributed by atoms with Crippen LogP contribution in [-0.2, 0) is 9.53 Å². The minimum atomic E-state index is -0.690. The number of esters is 1. The Morgan fingerprint density at radius 2 is 1.78 bits per heavy atom. The molecule has 2 saturated carbocycles. The smallest absolute Gasteiger partial charge is 0.326 e. The summed E-state index contributed by atoms with van der Waals surface area (Å²) in [6, 6.07) is 0. The van der Waals surface area contributed by atoms with E-state index >= 15 is 0 Å².